The van der Waals surface area contributed by atoms with E-state index in [0.717, 1.165) is 12.1 Å². The zero-order valence-corrected chi connectivity index (χ0v) is 13.7. The van der Waals surface area contributed by atoms with E-state index in [1.165, 1.54) is 27.4 Å². The first kappa shape index (κ1) is 18.4. The predicted molar refractivity (Wildman–Crippen MR) is 85.5 cm³/mol. The van der Waals surface area contributed by atoms with Crippen LogP contribution in [0.4, 0.5) is 18.9 Å². The van der Waals surface area contributed by atoms with Crippen LogP contribution in [-0.2, 0) is 6.18 Å². The summed E-state index contributed by atoms with van der Waals surface area (Å²) in [5.74, 6) is -0.237. The number of rotatable bonds is 5. The molecule has 0 radical (unpaired) electrons. The van der Waals surface area contributed by atoms with E-state index < -0.39 is 17.6 Å². The minimum Gasteiger partial charge on any atom is -0.497 e. The summed E-state index contributed by atoms with van der Waals surface area (Å²) < 4.78 is 54.0. The van der Waals surface area contributed by atoms with Gasteiger partial charge in [-0.1, -0.05) is 6.07 Å². The Labute approximate surface area is 142 Å². The molecular formula is C17H16F3NO4. The van der Waals surface area contributed by atoms with Crippen LogP contribution in [0, 0.1) is 0 Å². The largest absolute Gasteiger partial charge is 0.497 e. The van der Waals surface area contributed by atoms with Crippen molar-refractivity contribution in [1.29, 1.82) is 0 Å². The quantitative estimate of drug-likeness (QED) is 0.881. The number of methoxy groups -OCH3 is 3. The topological polar surface area (TPSA) is 56.8 Å². The normalized spacial score (nSPS) is 11.0. The summed E-state index contributed by atoms with van der Waals surface area (Å²) in [6.45, 7) is 0. The highest BCUT2D eigenvalue weighted by Crippen LogP contribution is 2.35. The van der Waals surface area contributed by atoms with Crippen molar-refractivity contribution < 1.29 is 32.2 Å². The zero-order chi connectivity index (χ0) is 18.6. The van der Waals surface area contributed by atoms with Crippen LogP contribution in [0.15, 0.2) is 36.4 Å². The molecule has 0 heterocycles. The number of halogens is 3. The lowest BCUT2D eigenvalue weighted by molar-refractivity contribution is -0.137. The molecule has 134 valence electrons. The van der Waals surface area contributed by atoms with Crippen molar-refractivity contribution in [2.45, 2.75) is 6.18 Å². The van der Waals surface area contributed by atoms with Gasteiger partial charge >= 0.3 is 6.18 Å². The van der Waals surface area contributed by atoms with Gasteiger partial charge in [0.25, 0.3) is 5.91 Å². The van der Waals surface area contributed by atoms with Crippen LogP contribution in [0.5, 0.6) is 17.2 Å². The highest BCUT2D eigenvalue weighted by molar-refractivity contribution is 6.08. The smallest absolute Gasteiger partial charge is 0.416 e. The van der Waals surface area contributed by atoms with Crippen molar-refractivity contribution in [2.75, 3.05) is 26.6 Å². The fourth-order valence-corrected chi connectivity index (χ4v) is 2.22. The van der Waals surface area contributed by atoms with Gasteiger partial charge in [-0.05, 0) is 24.3 Å². The van der Waals surface area contributed by atoms with Crippen LogP contribution in [0.3, 0.4) is 0 Å². The van der Waals surface area contributed by atoms with Crippen molar-refractivity contribution in [3.8, 4) is 17.2 Å². The van der Waals surface area contributed by atoms with Gasteiger partial charge in [-0.25, -0.2) is 0 Å². The number of hydrogen-bond donors (Lipinski definition) is 1. The van der Waals surface area contributed by atoms with E-state index in [0.29, 0.717) is 0 Å². The van der Waals surface area contributed by atoms with E-state index in [1.54, 1.807) is 18.2 Å². The van der Waals surface area contributed by atoms with Gasteiger partial charge in [-0.2, -0.15) is 13.2 Å². The second kappa shape index (κ2) is 7.33. The molecular weight excluding hydrogens is 339 g/mol. The second-order valence-electron chi connectivity index (χ2n) is 4.94. The number of alkyl halides is 3. The lowest BCUT2D eigenvalue weighted by atomic mass is 10.1. The highest BCUT2D eigenvalue weighted by Gasteiger charge is 2.31. The Hall–Kier alpha value is -2.90. The first-order chi connectivity index (χ1) is 11.8. The average Bonchev–Trinajstić information content (AvgIpc) is 2.59. The van der Waals surface area contributed by atoms with Crippen molar-refractivity contribution in [3.63, 3.8) is 0 Å². The molecule has 1 N–H and O–H groups in total. The molecule has 0 aliphatic carbocycles. The highest BCUT2D eigenvalue weighted by atomic mass is 19.4. The molecule has 0 aliphatic rings. The van der Waals surface area contributed by atoms with Gasteiger partial charge in [0.05, 0.1) is 26.9 Å². The summed E-state index contributed by atoms with van der Waals surface area (Å²) in [6, 6.07) is 7.67. The summed E-state index contributed by atoms with van der Waals surface area (Å²) >= 11 is 0. The Balaban J connectivity index is 2.42. The Morgan fingerprint density at radius 2 is 1.56 bits per heavy atom. The fraction of sp³-hybridized carbons (Fsp3) is 0.235. The summed E-state index contributed by atoms with van der Waals surface area (Å²) in [4.78, 5) is 12.5. The number of amides is 1. The van der Waals surface area contributed by atoms with Crippen LogP contribution >= 0.6 is 0 Å². The van der Waals surface area contributed by atoms with Crippen LogP contribution in [-0.4, -0.2) is 27.2 Å². The minimum absolute atomic E-state index is 0.0304. The zero-order valence-electron chi connectivity index (χ0n) is 13.7. The van der Waals surface area contributed by atoms with E-state index in [4.69, 9.17) is 14.2 Å². The fourth-order valence-electron chi connectivity index (χ4n) is 2.22. The number of carbonyl (C=O) groups excluding carboxylic acids is 1. The van der Waals surface area contributed by atoms with Gasteiger partial charge in [0.1, 0.15) is 22.8 Å². The van der Waals surface area contributed by atoms with Crippen LogP contribution < -0.4 is 19.5 Å². The number of nitrogens with one attached hydrogen (secondary N) is 1. The van der Waals surface area contributed by atoms with E-state index in [-0.39, 0.29) is 28.5 Å². The van der Waals surface area contributed by atoms with Crippen LogP contribution in [0.25, 0.3) is 0 Å². The van der Waals surface area contributed by atoms with Crippen LogP contribution in [0.1, 0.15) is 15.9 Å². The molecule has 0 aliphatic heterocycles. The Kier molecular flexibility index (Phi) is 5.41. The molecule has 0 unspecified atom stereocenters. The Morgan fingerprint density at radius 3 is 2.04 bits per heavy atom. The molecule has 25 heavy (non-hydrogen) atoms. The third-order valence-electron chi connectivity index (χ3n) is 3.38. The van der Waals surface area contributed by atoms with Gasteiger partial charge in [0.15, 0.2) is 0 Å². The first-order valence-electron chi connectivity index (χ1n) is 7.08. The molecule has 2 aromatic rings. The molecule has 0 saturated carbocycles. The number of anilines is 1. The first-order valence-corrected chi connectivity index (χ1v) is 7.08. The Bertz CT molecular complexity index is 753. The predicted octanol–water partition coefficient (Wildman–Crippen LogP) is 3.98. The number of benzene rings is 2. The maximum absolute atomic E-state index is 13.0. The van der Waals surface area contributed by atoms with Gasteiger partial charge in [0, 0.05) is 11.8 Å². The summed E-state index contributed by atoms with van der Waals surface area (Å²) in [7, 11) is 3.99. The standard InChI is InChI=1S/C17H16F3NO4/c1-23-12-8-10(17(18,19)20)7-11(9-12)21-16(22)15-13(24-2)5-4-6-14(15)25-3/h4-9H,1-3H3,(H,21,22). The van der Waals surface area contributed by atoms with Gasteiger partial charge in [-0.3, -0.25) is 4.79 Å². The lowest BCUT2D eigenvalue weighted by Crippen LogP contribution is -2.15. The molecule has 0 saturated heterocycles. The molecule has 0 aromatic heterocycles. The number of ether oxygens (including phenoxy) is 3. The van der Waals surface area contributed by atoms with Crippen molar-refractivity contribution in [2.24, 2.45) is 0 Å². The monoisotopic (exact) mass is 355 g/mol. The molecule has 2 aromatic carbocycles. The third-order valence-corrected chi connectivity index (χ3v) is 3.38. The van der Waals surface area contributed by atoms with E-state index in [2.05, 4.69) is 5.32 Å². The van der Waals surface area contributed by atoms with Crippen molar-refractivity contribution >= 4 is 11.6 Å². The lowest BCUT2D eigenvalue weighted by Gasteiger charge is -2.15. The summed E-state index contributed by atoms with van der Waals surface area (Å²) in [5, 5.41) is 2.42. The van der Waals surface area contributed by atoms with Gasteiger partial charge in [-0.15, -0.1) is 0 Å². The SMILES string of the molecule is COc1cc(NC(=O)c2c(OC)cccc2OC)cc(C(F)(F)F)c1. The molecule has 8 heteroatoms. The maximum atomic E-state index is 13.0. The van der Waals surface area contributed by atoms with E-state index in [1.807, 2.05) is 0 Å². The molecule has 0 spiro atoms. The summed E-state index contributed by atoms with van der Waals surface area (Å²) in [5.41, 5.74) is -0.928. The molecule has 0 fully saturated rings. The maximum Gasteiger partial charge on any atom is 0.416 e. The van der Waals surface area contributed by atoms with Crippen molar-refractivity contribution in [3.05, 3.63) is 47.5 Å². The molecule has 5 nitrogen and oxygen atoms in total. The Morgan fingerprint density at radius 1 is 0.960 bits per heavy atom. The number of hydrogen-bond acceptors (Lipinski definition) is 4. The average molecular weight is 355 g/mol. The van der Waals surface area contributed by atoms with Gasteiger partial charge < -0.3 is 19.5 Å². The molecule has 2 rings (SSSR count). The number of carbonyl (C=O) groups is 1. The second-order valence-corrected chi connectivity index (χ2v) is 4.94. The van der Waals surface area contributed by atoms with Crippen molar-refractivity contribution in [1.82, 2.24) is 0 Å². The molecule has 1 amide bonds. The molecule has 0 atom stereocenters. The molecule has 0 bridgehead atoms. The van der Waals surface area contributed by atoms with Crippen LogP contribution in [0.2, 0.25) is 0 Å². The van der Waals surface area contributed by atoms with E-state index >= 15 is 0 Å². The van der Waals surface area contributed by atoms with E-state index in [9.17, 15) is 18.0 Å². The van der Waals surface area contributed by atoms with Gasteiger partial charge in [0.2, 0.25) is 0 Å². The minimum atomic E-state index is -4.57. The summed E-state index contributed by atoms with van der Waals surface area (Å²) in [6.07, 6.45) is -4.57. The third kappa shape index (κ3) is 4.14.